The highest BCUT2D eigenvalue weighted by Gasteiger charge is 2.32. The molecule has 2 rings (SSSR count). The van der Waals surface area contributed by atoms with Crippen LogP contribution in [0.5, 0.6) is 0 Å². The first-order valence-corrected chi connectivity index (χ1v) is 7.30. The van der Waals surface area contributed by atoms with Gasteiger partial charge in [0.15, 0.2) is 5.78 Å². The van der Waals surface area contributed by atoms with Gasteiger partial charge >= 0.3 is 0 Å². The van der Waals surface area contributed by atoms with Crippen molar-refractivity contribution < 1.29 is 14.4 Å². The standard InChI is InChI=1S/C13H13ClN2O3S/c1-6(17)15-9-4-3-8(14)13-11(9)12(19)10(5-20-13)16-7(2)18/h3-4,10H,5H2,1-2H3,(H,15,17)(H,16,18). The second-order valence-electron chi connectivity index (χ2n) is 4.41. The third-order valence-corrected chi connectivity index (χ3v) is 4.39. The molecule has 1 aromatic carbocycles. The zero-order valence-corrected chi connectivity index (χ0v) is 12.5. The number of benzene rings is 1. The van der Waals surface area contributed by atoms with Gasteiger partial charge in [-0.2, -0.15) is 0 Å². The lowest BCUT2D eigenvalue weighted by atomic mass is 10.0. The Hall–Kier alpha value is -1.53. The molecule has 5 nitrogen and oxygen atoms in total. The molecule has 1 heterocycles. The molecule has 0 fully saturated rings. The Morgan fingerprint density at radius 1 is 1.30 bits per heavy atom. The highest BCUT2D eigenvalue weighted by atomic mass is 35.5. The van der Waals surface area contributed by atoms with Crippen LogP contribution in [0.25, 0.3) is 0 Å². The number of hydrogen-bond acceptors (Lipinski definition) is 4. The summed E-state index contributed by atoms with van der Waals surface area (Å²) in [6.45, 7) is 2.73. The van der Waals surface area contributed by atoms with Crippen molar-refractivity contribution in [1.29, 1.82) is 0 Å². The van der Waals surface area contributed by atoms with Crippen molar-refractivity contribution in [3.8, 4) is 0 Å². The van der Waals surface area contributed by atoms with Gasteiger partial charge in [0.2, 0.25) is 11.8 Å². The minimum atomic E-state index is -0.601. The van der Waals surface area contributed by atoms with Gasteiger partial charge in [-0.15, -0.1) is 11.8 Å². The number of amides is 2. The van der Waals surface area contributed by atoms with Gasteiger partial charge in [0.1, 0.15) is 6.04 Å². The van der Waals surface area contributed by atoms with Crippen LogP contribution in [0.4, 0.5) is 5.69 Å². The molecule has 20 heavy (non-hydrogen) atoms. The fourth-order valence-electron chi connectivity index (χ4n) is 2.01. The number of carbonyl (C=O) groups excluding carboxylic acids is 3. The topological polar surface area (TPSA) is 75.3 Å². The Kier molecular flexibility index (Phi) is 4.35. The quantitative estimate of drug-likeness (QED) is 0.877. The van der Waals surface area contributed by atoms with Crippen molar-refractivity contribution in [3.63, 3.8) is 0 Å². The van der Waals surface area contributed by atoms with E-state index >= 15 is 0 Å². The Balaban J connectivity index is 2.45. The number of rotatable bonds is 2. The molecular weight excluding hydrogens is 300 g/mol. The molecule has 106 valence electrons. The van der Waals surface area contributed by atoms with E-state index in [0.717, 1.165) is 0 Å². The minimum Gasteiger partial charge on any atom is -0.345 e. The van der Waals surface area contributed by atoms with Crippen LogP contribution in [-0.4, -0.2) is 29.4 Å². The van der Waals surface area contributed by atoms with Crippen molar-refractivity contribution >= 4 is 46.6 Å². The van der Waals surface area contributed by atoms with Crippen molar-refractivity contribution in [2.24, 2.45) is 0 Å². The first-order chi connectivity index (χ1) is 9.40. The van der Waals surface area contributed by atoms with Crippen LogP contribution < -0.4 is 10.6 Å². The van der Waals surface area contributed by atoms with E-state index in [-0.39, 0.29) is 17.6 Å². The number of thioether (sulfide) groups is 1. The molecule has 0 bridgehead atoms. The highest BCUT2D eigenvalue weighted by Crippen LogP contribution is 2.39. The van der Waals surface area contributed by atoms with Crippen molar-refractivity contribution in [2.75, 3.05) is 11.1 Å². The fraction of sp³-hybridized carbons (Fsp3) is 0.308. The average molecular weight is 313 g/mol. The van der Waals surface area contributed by atoms with Gasteiger partial charge in [-0.25, -0.2) is 0 Å². The molecule has 1 aliphatic heterocycles. The number of hydrogen-bond donors (Lipinski definition) is 2. The van der Waals surface area contributed by atoms with Gasteiger partial charge in [0.05, 0.1) is 16.3 Å². The predicted molar refractivity (Wildman–Crippen MR) is 78.4 cm³/mol. The van der Waals surface area contributed by atoms with Crippen LogP contribution in [0.3, 0.4) is 0 Å². The van der Waals surface area contributed by atoms with Gasteiger partial charge in [-0.05, 0) is 12.1 Å². The van der Waals surface area contributed by atoms with Crippen molar-refractivity contribution in [2.45, 2.75) is 24.8 Å². The first kappa shape index (κ1) is 14.9. The largest absolute Gasteiger partial charge is 0.345 e. The minimum absolute atomic E-state index is 0.236. The van der Waals surface area contributed by atoms with E-state index in [1.54, 1.807) is 12.1 Å². The van der Waals surface area contributed by atoms with Gasteiger partial charge in [-0.3, -0.25) is 14.4 Å². The van der Waals surface area contributed by atoms with E-state index in [9.17, 15) is 14.4 Å². The molecule has 7 heteroatoms. The van der Waals surface area contributed by atoms with E-state index in [0.29, 0.717) is 26.9 Å². The third kappa shape index (κ3) is 2.96. The number of anilines is 1. The van der Waals surface area contributed by atoms with E-state index < -0.39 is 6.04 Å². The third-order valence-electron chi connectivity index (χ3n) is 2.76. The van der Waals surface area contributed by atoms with Gasteiger partial charge in [0, 0.05) is 24.5 Å². The number of halogens is 1. The highest BCUT2D eigenvalue weighted by molar-refractivity contribution is 7.99. The predicted octanol–water partition coefficient (Wildman–Crippen LogP) is 2.09. The van der Waals surface area contributed by atoms with Crippen LogP contribution in [0.1, 0.15) is 24.2 Å². The second kappa shape index (κ2) is 5.85. The first-order valence-electron chi connectivity index (χ1n) is 5.94. The smallest absolute Gasteiger partial charge is 0.221 e. The molecular formula is C13H13ClN2O3S. The molecule has 0 aliphatic carbocycles. The molecule has 0 saturated heterocycles. The van der Waals surface area contributed by atoms with Crippen LogP contribution in [0, 0.1) is 0 Å². The van der Waals surface area contributed by atoms with Gasteiger partial charge < -0.3 is 10.6 Å². The number of ketones is 1. The summed E-state index contributed by atoms with van der Waals surface area (Å²) in [7, 11) is 0. The molecule has 0 aromatic heterocycles. The van der Waals surface area contributed by atoms with Crippen molar-refractivity contribution in [3.05, 3.63) is 22.7 Å². The number of fused-ring (bicyclic) bond motifs is 1. The summed E-state index contributed by atoms with van der Waals surface area (Å²) in [4.78, 5) is 35.5. The van der Waals surface area contributed by atoms with E-state index in [2.05, 4.69) is 10.6 Å². The summed E-state index contributed by atoms with van der Waals surface area (Å²) in [5, 5.41) is 5.69. The maximum Gasteiger partial charge on any atom is 0.221 e. The maximum atomic E-state index is 12.5. The summed E-state index contributed by atoms with van der Waals surface area (Å²) < 4.78 is 0. The van der Waals surface area contributed by atoms with Crippen LogP contribution in [0.2, 0.25) is 5.02 Å². The van der Waals surface area contributed by atoms with E-state index in [1.165, 1.54) is 25.6 Å². The summed E-state index contributed by atoms with van der Waals surface area (Å²) in [6, 6.07) is 2.64. The maximum absolute atomic E-state index is 12.5. The summed E-state index contributed by atoms with van der Waals surface area (Å²) in [5.41, 5.74) is 0.784. The fourth-order valence-corrected chi connectivity index (χ4v) is 3.46. The normalized spacial score (nSPS) is 17.4. The lowest BCUT2D eigenvalue weighted by Gasteiger charge is -2.26. The zero-order valence-electron chi connectivity index (χ0n) is 11.0. The Morgan fingerprint density at radius 3 is 2.60 bits per heavy atom. The number of Topliss-reactive ketones (excluding diaryl/α,β-unsaturated/α-hetero) is 1. The molecule has 1 atom stereocenters. The molecule has 0 radical (unpaired) electrons. The van der Waals surface area contributed by atoms with Gasteiger partial charge in [0.25, 0.3) is 0 Å². The Morgan fingerprint density at radius 2 is 2.00 bits per heavy atom. The monoisotopic (exact) mass is 312 g/mol. The Bertz CT molecular complexity index is 604. The second-order valence-corrected chi connectivity index (χ2v) is 5.85. The van der Waals surface area contributed by atoms with Crippen molar-refractivity contribution in [1.82, 2.24) is 5.32 Å². The molecule has 1 aromatic rings. The summed E-state index contributed by atoms with van der Waals surface area (Å²) >= 11 is 7.49. The number of nitrogens with one attached hydrogen (secondary N) is 2. The molecule has 1 aliphatic rings. The lowest BCUT2D eigenvalue weighted by Crippen LogP contribution is -2.43. The van der Waals surface area contributed by atoms with E-state index in [1.807, 2.05) is 0 Å². The summed E-state index contributed by atoms with van der Waals surface area (Å²) in [6.07, 6.45) is 0. The van der Waals surface area contributed by atoms with E-state index in [4.69, 9.17) is 11.6 Å². The zero-order chi connectivity index (χ0) is 14.9. The molecule has 0 saturated carbocycles. The molecule has 2 N–H and O–H groups in total. The van der Waals surface area contributed by atoms with Crippen LogP contribution in [-0.2, 0) is 9.59 Å². The van der Waals surface area contributed by atoms with Gasteiger partial charge in [-0.1, -0.05) is 11.6 Å². The molecule has 0 spiro atoms. The molecule has 1 unspecified atom stereocenters. The lowest BCUT2D eigenvalue weighted by molar-refractivity contribution is -0.119. The SMILES string of the molecule is CC(=O)Nc1ccc(Cl)c2c1C(=O)C(NC(C)=O)CS2. The number of carbonyl (C=O) groups is 3. The van der Waals surface area contributed by atoms with Crippen LogP contribution in [0.15, 0.2) is 17.0 Å². The van der Waals surface area contributed by atoms with Crippen LogP contribution >= 0.6 is 23.4 Å². The Labute approximate surface area is 125 Å². The summed E-state index contributed by atoms with van der Waals surface area (Å²) in [5.74, 6) is -0.348. The average Bonchev–Trinajstić information content (AvgIpc) is 2.35. The molecule has 2 amide bonds.